The van der Waals surface area contributed by atoms with Crippen LogP contribution in [0.25, 0.3) is 0 Å². The van der Waals surface area contributed by atoms with Gasteiger partial charge in [-0.25, -0.2) is 8.42 Å². The summed E-state index contributed by atoms with van der Waals surface area (Å²) in [6.45, 7) is 5.85. The summed E-state index contributed by atoms with van der Waals surface area (Å²) in [7, 11) is -4.26. The molecule has 0 aliphatic heterocycles. The number of sulfonamides is 1. The van der Waals surface area contributed by atoms with Gasteiger partial charge in [0, 0.05) is 24.5 Å². The van der Waals surface area contributed by atoms with E-state index in [9.17, 15) is 18.0 Å². The number of halogens is 1. The van der Waals surface area contributed by atoms with Gasteiger partial charge in [-0.2, -0.15) is 0 Å². The summed E-state index contributed by atoms with van der Waals surface area (Å²) in [5.74, 6) is -0.585. The molecule has 0 fully saturated rings. The molecular weight excluding hydrogens is 634 g/mol. The molecule has 47 heavy (non-hydrogen) atoms. The third-order valence-electron chi connectivity index (χ3n) is 7.72. The Labute approximate surface area is 283 Å². The molecule has 2 amide bonds. The van der Waals surface area contributed by atoms with E-state index in [0.717, 1.165) is 28.3 Å². The molecule has 0 saturated carbocycles. The maximum Gasteiger partial charge on any atom is 0.264 e. The molecule has 0 bridgehead atoms. The molecule has 0 spiro atoms. The highest BCUT2D eigenvalue weighted by Gasteiger charge is 2.35. The Morgan fingerprint density at radius 2 is 1.53 bits per heavy atom. The van der Waals surface area contributed by atoms with Gasteiger partial charge < -0.3 is 15.0 Å². The Morgan fingerprint density at radius 3 is 2.21 bits per heavy atom. The fourth-order valence-corrected chi connectivity index (χ4v) is 6.78. The van der Waals surface area contributed by atoms with Crippen molar-refractivity contribution in [1.82, 2.24) is 10.2 Å². The van der Waals surface area contributed by atoms with Gasteiger partial charge in [0.2, 0.25) is 11.8 Å². The first-order valence-electron chi connectivity index (χ1n) is 15.8. The smallest absolute Gasteiger partial charge is 0.264 e. The van der Waals surface area contributed by atoms with Crippen LogP contribution in [0.15, 0.2) is 108 Å². The number of carbonyl (C=O) groups is 2. The Kier molecular flexibility index (Phi) is 12.8. The highest BCUT2D eigenvalue weighted by atomic mass is 35.5. The lowest BCUT2D eigenvalue weighted by Gasteiger charge is -2.34. The van der Waals surface area contributed by atoms with E-state index in [0.29, 0.717) is 29.5 Å². The van der Waals surface area contributed by atoms with Crippen molar-refractivity contribution >= 4 is 39.1 Å². The molecule has 1 atom stereocenters. The third-order valence-corrected chi connectivity index (χ3v) is 9.86. The van der Waals surface area contributed by atoms with Gasteiger partial charge in [0.15, 0.2) is 0 Å². The van der Waals surface area contributed by atoms with Crippen LogP contribution >= 0.6 is 11.6 Å². The summed E-state index contributed by atoms with van der Waals surface area (Å²) in [4.78, 5) is 30.0. The number of nitrogens with zero attached hydrogens (tertiary/aromatic N) is 2. The Hall–Kier alpha value is -4.34. The minimum atomic E-state index is -4.26. The van der Waals surface area contributed by atoms with Gasteiger partial charge in [-0.3, -0.25) is 13.9 Å². The number of carbonyl (C=O) groups excluding carboxylic acids is 2. The van der Waals surface area contributed by atoms with Gasteiger partial charge in [-0.15, -0.1) is 0 Å². The Bertz CT molecular complexity index is 1730. The largest absolute Gasteiger partial charge is 0.492 e. The number of hydrogen-bond donors (Lipinski definition) is 1. The number of rotatable bonds is 16. The average molecular weight is 676 g/mol. The summed E-state index contributed by atoms with van der Waals surface area (Å²) >= 11 is 6.58. The van der Waals surface area contributed by atoms with Crippen molar-refractivity contribution in [2.75, 3.05) is 24.0 Å². The number of unbranched alkanes of at least 4 members (excludes halogenated alkanes) is 1. The van der Waals surface area contributed by atoms with E-state index in [4.69, 9.17) is 16.3 Å². The van der Waals surface area contributed by atoms with Crippen molar-refractivity contribution in [2.24, 2.45) is 0 Å². The second-order valence-electron chi connectivity index (χ2n) is 11.2. The number of ether oxygens (including phenoxy) is 1. The van der Waals surface area contributed by atoms with Crippen molar-refractivity contribution in [3.63, 3.8) is 0 Å². The fourth-order valence-electron chi connectivity index (χ4n) is 5.16. The summed E-state index contributed by atoms with van der Waals surface area (Å²) in [5, 5.41) is 3.43. The molecule has 8 nitrogen and oxygen atoms in total. The molecule has 0 aliphatic rings. The lowest BCUT2D eigenvalue weighted by atomic mass is 10.0. The lowest BCUT2D eigenvalue weighted by Crippen LogP contribution is -2.53. The second-order valence-corrected chi connectivity index (χ2v) is 13.5. The number of benzene rings is 4. The predicted octanol–water partition coefficient (Wildman–Crippen LogP) is 6.80. The van der Waals surface area contributed by atoms with Gasteiger partial charge in [-0.1, -0.05) is 103 Å². The number of amides is 2. The van der Waals surface area contributed by atoms with Crippen LogP contribution in [0.1, 0.15) is 43.4 Å². The van der Waals surface area contributed by atoms with E-state index in [2.05, 4.69) is 5.32 Å². The number of aryl methyl sites for hydroxylation is 1. The fraction of sp³-hybridized carbons (Fsp3) is 0.297. The van der Waals surface area contributed by atoms with Crippen LogP contribution in [-0.4, -0.2) is 50.9 Å². The van der Waals surface area contributed by atoms with E-state index < -0.39 is 28.5 Å². The maximum atomic E-state index is 14.7. The van der Waals surface area contributed by atoms with E-state index in [1.165, 1.54) is 17.0 Å². The van der Waals surface area contributed by atoms with Gasteiger partial charge in [0.05, 0.1) is 17.2 Å². The molecule has 4 rings (SSSR count). The third kappa shape index (κ3) is 9.36. The van der Waals surface area contributed by atoms with E-state index in [1.807, 2.05) is 50.2 Å². The van der Waals surface area contributed by atoms with Crippen LogP contribution in [0, 0.1) is 6.92 Å². The SMILES string of the molecule is CCCCNC(=O)[C@@H](Cc1ccccc1)N(Cc1ccccc1Cl)C(=O)CN(c1ccccc1OCC)S(=O)(=O)c1ccc(C)cc1. The first kappa shape index (κ1) is 35.5. The Balaban J connectivity index is 1.83. The highest BCUT2D eigenvalue weighted by Crippen LogP contribution is 2.33. The van der Waals surface area contributed by atoms with E-state index in [1.54, 1.807) is 61.5 Å². The number of nitrogens with one attached hydrogen (secondary N) is 1. The molecule has 1 N–H and O–H groups in total. The lowest BCUT2D eigenvalue weighted by molar-refractivity contribution is -0.140. The molecule has 10 heteroatoms. The van der Waals surface area contributed by atoms with Gasteiger partial charge >= 0.3 is 0 Å². The predicted molar refractivity (Wildman–Crippen MR) is 187 cm³/mol. The monoisotopic (exact) mass is 675 g/mol. The molecular formula is C37H42ClN3O5S. The first-order chi connectivity index (χ1) is 22.6. The van der Waals surface area contributed by atoms with Gasteiger partial charge in [0.25, 0.3) is 10.0 Å². The van der Waals surface area contributed by atoms with Crippen molar-refractivity contribution in [3.05, 3.63) is 125 Å². The maximum absolute atomic E-state index is 14.7. The minimum absolute atomic E-state index is 0.0112. The Morgan fingerprint density at radius 1 is 0.872 bits per heavy atom. The zero-order valence-corrected chi connectivity index (χ0v) is 28.6. The molecule has 4 aromatic rings. The molecule has 0 radical (unpaired) electrons. The van der Waals surface area contributed by atoms with Crippen LogP contribution in [0.5, 0.6) is 5.75 Å². The second kappa shape index (κ2) is 17.0. The van der Waals surface area contributed by atoms with Crippen molar-refractivity contribution in [3.8, 4) is 5.75 Å². The minimum Gasteiger partial charge on any atom is -0.492 e. The van der Waals surface area contributed by atoms with Crippen molar-refractivity contribution in [2.45, 2.75) is 57.5 Å². The van der Waals surface area contributed by atoms with Crippen molar-refractivity contribution < 1.29 is 22.7 Å². The van der Waals surface area contributed by atoms with Crippen LogP contribution in [0.2, 0.25) is 5.02 Å². The molecule has 0 unspecified atom stereocenters. The summed E-state index contributed by atoms with van der Waals surface area (Å²) < 4.78 is 35.6. The first-order valence-corrected chi connectivity index (χ1v) is 17.6. The number of hydrogen-bond acceptors (Lipinski definition) is 5. The molecule has 0 aliphatic carbocycles. The zero-order valence-electron chi connectivity index (χ0n) is 27.1. The van der Waals surface area contributed by atoms with Crippen molar-refractivity contribution in [1.29, 1.82) is 0 Å². The molecule has 0 saturated heterocycles. The average Bonchev–Trinajstić information content (AvgIpc) is 3.07. The number of para-hydroxylation sites is 2. The van der Waals surface area contributed by atoms with Gasteiger partial charge in [0.1, 0.15) is 18.3 Å². The topological polar surface area (TPSA) is 96.0 Å². The van der Waals surface area contributed by atoms with Crippen LogP contribution in [-0.2, 0) is 32.6 Å². The zero-order chi connectivity index (χ0) is 33.8. The normalized spacial score (nSPS) is 11.8. The van der Waals surface area contributed by atoms with Gasteiger partial charge in [-0.05, 0) is 61.7 Å². The molecule has 0 heterocycles. The molecule has 4 aromatic carbocycles. The highest BCUT2D eigenvalue weighted by molar-refractivity contribution is 7.92. The van der Waals surface area contributed by atoms with Crippen LogP contribution in [0.4, 0.5) is 5.69 Å². The summed E-state index contributed by atoms with van der Waals surface area (Å²) in [6.07, 6.45) is 1.88. The van der Waals surface area contributed by atoms with E-state index >= 15 is 0 Å². The molecule has 0 aromatic heterocycles. The van der Waals surface area contributed by atoms with E-state index in [-0.39, 0.29) is 29.5 Å². The van der Waals surface area contributed by atoms with Crippen LogP contribution < -0.4 is 14.4 Å². The molecule has 248 valence electrons. The van der Waals surface area contributed by atoms with Crippen LogP contribution in [0.3, 0.4) is 0 Å². The summed E-state index contributed by atoms with van der Waals surface area (Å²) in [6, 6.07) is 28.8. The standard InChI is InChI=1S/C37H42ClN3O5S/c1-4-6-24-39-37(43)34(25-29-14-8-7-9-15-29)40(26-30-16-10-11-17-32(30)38)36(42)27-41(33-18-12-13-19-35(33)46-5-2)47(44,45)31-22-20-28(3)21-23-31/h7-23,34H,4-6,24-27H2,1-3H3,(H,39,43)/t34-/m1/s1. The summed E-state index contributed by atoms with van der Waals surface area (Å²) in [5.41, 5.74) is 2.59. The number of anilines is 1. The quantitative estimate of drug-likeness (QED) is 0.132.